The SMILES string of the molecule is CC(C)C(CNC(=O)C1CC(NC(=O)OCC2c3ccccc3-c3ccccc32)C1)C(=O)O. The summed E-state index contributed by atoms with van der Waals surface area (Å²) in [5, 5.41) is 14.8. The summed E-state index contributed by atoms with van der Waals surface area (Å²) in [7, 11) is 0. The molecule has 0 heterocycles. The second-order valence-electron chi connectivity index (χ2n) is 9.27. The van der Waals surface area contributed by atoms with Gasteiger partial charge in [0.25, 0.3) is 0 Å². The van der Waals surface area contributed by atoms with Crippen molar-refractivity contribution in [1.29, 1.82) is 0 Å². The van der Waals surface area contributed by atoms with Gasteiger partial charge >= 0.3 is 12.1 Å². The van der Waals surface area contributed by atoms with Crippen molar-refractivity contribution in [2.24, 2.45) is 17.8 Å². The molecule has 2 amide bonds. The fourth-order valence-corrected chi connectivity index (χ4v) is 4.72. The molecule has 0 aliphatic heterocycles. The average molecular weight is 451 g/mol. The van der Waals surface area contributed by atoms with Gasteiger partial charge in [0.05, 0.1) is 5.92 Å². The number of nitrogens with one attached hydrogen (secondary N) is 2. The highest BCUT2D eigenvalue weighted by molar-refractivity contribution is 5.81. The zero-order chi connectivity index (χ0) is 23.5. The van der Waals surface area contributed by atoms with E-state index >= 15 is 0 Å². The molecule has 1 saturated carbocycles. The van der Waals surface area contributed by atoms with Gasteiger partial charge in [-0.1, -0.05) is 62.4 Å². The maximum Gasteiger partial charge on any atom is 0.407 e. The van der Waals surface area contributed by atoms with Crippen LogP contribution in [0.25, 0.3) is 11.1 Å². The highest BCUT2D eigenvalue weighted by Crippen LogP contribution is 2.44. The lowest BCUT2D eigenvalue weighted by atomic mass is 9.79. The first-order valence-corrected chi connectivity index (χ1v) is 11.5. The predicted octanol–water partition coefficient (Wildman–Crippen LogP) is 3.78. The van der Waals surface area contributed by atoms with Gasteiger partial charge in [0.15, 0.2) is 0 Å². The molecule has 174 valence electrons. The lowest BCUT2D eigenvalue weighted by molar-refractivity contribution is -0.143. The third kappa shape index (κ3) is 4.87. The van der Waals surface area contributed by atoms with E-state index in [0.29, 0.717) is 12.8 Å². The first kappa shape index (κ1) is 22.8. The van der Waals surface area contributed by atoms with E-state index in [4.69, 9.17) is 4.74 Å². The number of ether oxygens (including phenoxy) is 1. The molecule has 0 radical (unpaired) electrons. The number of carboxylic acids is 1. The summed E-state index contributed by atoms with van der Waals surface area (Å²) < 4.78 is 5.56. The Kier molecular flexibility index (Phi) is 6.67. The number of benzene rings is 2. The number of carboxylic acid groups (broad SMARTS) is 1. The minimum Gasteiger partial charge on any atom is -0.481 e. The van der Waals surface area contributed by atoms with Crippen molar-refractivity contribution in [2.45, 2.75) is 38.6 Å². The maximum absolute atomic E-state index is 12.4. The van der Waals surface area contributed by atoms with E-state index in [0.717, 1.165) is 11.1 Å². The van der Waals surface area contributed by atoms with Gasteiger partial charge in [-0.2, -0.15) is 0 Å². The molecule has 4 rings (SSSR count). The van der Waals surface area contributed by atoms with Gasteiger partial charge in [0.2, 0.25) is 5.91 Å². The van der Waals surface area contributed by atoms with Crippen molar-refractivity contribution < 1.29 is 24.2 Å². The molecule has 2 aromatic carbocycles. The Balaban J connectivity index is 1.23. The maximum atomic E-state index is 12.4. The molecule has 7 heteroatoms. The number of fused-ring (bicyclic) bond motifs is 3. The van der Waals surface area contributed by atoms with E-state index in [2.05, 4.69) is 34.9 Å². The average Bonchev–Trinajstić information content (AvgIpc) is 3.08. The molecule has 3 N–H and O–H groups in total. The van der Waals surface area contributed by atoms with E-state index in [1.165, 1.54) is 11.1 Å². The molecule has 7 nitrogen and oxygen atoms in total. The molecule has 0 saturated heterocycles. The number of aliphatic carboxylic acids is 1. The zero-order valence-corrected chi connectivity index (χ0v) is 18.9. The molecule has 1 atom stereocenters. The summed E-state index contributed by atoms with van der Waals surface area (Å²) in [6, 6.07) is 16.2. The van der Waals surface area contributed by atoms with Crippen LogP contribution in [-0.4, -0.2) is 42.3 Å². The fourth-order valence-electron chi connectivity index (χ4n) is 4.72. The van der Waals surface area contributed by atoms with Crippen molar-refractivity contribution in [3.8, 4) is 11.1 Å². The molecule has 33 heavy (non-hydrogen) atoms. The normalized spacial score (nSPS) is 19.7. The summed E-state index contributed by atoms with van der Waals surface area (Å²) in [6.07, 6.45) is 0.566. The lowest BCUT2D eigenvalue weighted by Gasteiger charge is -2.34. The molecular weight excluding hydrogens is 420 g/mol. The van der Waals surface area contributed by atoms with Crippen molar-refractivity contribution >= 4 is 18.0 Å². The third-order valence-electron chi connectivity index (χ3n) is 6.79. The summed E-state index contributed by atoms with van der Waals surface area (Å²) in [4.78, 5) is 35.9. The van der Waals surface area contributed by atoms with Gasteiger partial charge in [0, 0.05) is 24.4 Å². The molecule has 2 aliphatic carbocycles. The Morgan fingerprint density at radius 1 is 1.00 bits per heavy atom. The highest BCUT2D eigenvalue weighted by Gasteiger charge is 2.36. The summed E-state index contributed by atoms with van der Waals surface area (Å²) in [5.41, 5.74) is 4.68. The number of alkyl carbamates (subject to hydrolysis) is 1. The van der Waals surface area contributed by atoms with Gasteiger partial charge in [-0.05, 0) is 41.0 Å². The van der Waals surface area contributed by atoms with Crippen LogP contribution < -0.4 is 10.6 Å². The minimum atomic E-state index is -0.909. The van der Waals surface area contributed by atoms with E-state index in [9.17, 15) is 19.5 Å². The highest BCUT2D eigenvalue weighted by atomic mass is 16.5. The van der Waals surface area contributed by atoms with E-state index < -0.39 is 18.0 Å². The van der Waals surface area contributed by atoms with E-state index in [1.807, 2.05) is 38.1 Å². The van der Waals surface area contributed by atoms with Crippen molar-refractivity contribution in [3.63, 3.8) is 0 Å². The first-order valence-electron chi connectivity index (χ1n) is 11.5. The van der Waals surface area contributed by atoms with Crippen molar-refractivity contribution in [2.75, 3.05) is 13.2 Å². The van der Waals surface area contributed by atoms with Gasteiger partial charge < -0.3 is 20.5 Å². The Morgan fingerprint density at radius 2 is 1.58 bits per heavy atom. The second-order valence-corrected chi connectivity index (χ2v) is 9.27. The summed E-state index contributed by atoms with van der Waals surface area (Å²) in [5.74, 6) is -1.95. The van der Waals surface area contributed by atoms with Gasteiger partial charge in [-0.3, -0.25) is 9.59 Å². The van der Waals surface area contributed by atoms with Crippen LogP contribution in [0.2, 0.25) is 0 Å². The number of carbonyl (C=O) groups is 3. The number of rotatable bonds is 8. The van der Waals surface area contributed by atoms with Crippen LogP contribution in [0.5, 0.6) is 0 Å². The topological polar surface area (TPSA) is 105 Å². The first-order chi connectivity index (χ1) is 15.8. The Labute approximate surface area is 193 Å². The van der Waals surface area contributed by atoms with Crippen LogP contribution in [0.1, 0.15) is 43.7 Å². The summed E-state index contributed by atoms with van der Waals surface area (Å²) in [6.45, 7) is 4.01. The quantitative estimate of drug-likeness (QED) is 0.568. The number of hydrogen-bond acceptors (Lipinski definition) is 4. The number of carbonyl (C=O) groups excluding carboxylic acids is 2. The predicted molar refractivity (Wildman–Crippen MR) is 124 cm³/mol. The van der Waals surface area contributed by atoms with Crippen LogP contribution in [0.4, 0.5) is 4.79 Å². The second kappa shape index (κ2) is 9.65. The molecule has 0 spiro atoms. The van der Waals surface area contributed by atoms with Gasteiger partial charge in [0.1, 0.15) is 6.61 Å². The van der Waals surface area contributed by atoms with Crippen molar-refractivity contribution in [1.82, 2.24) is 10.6 Å². The largest absolute Gasteiger partial charge is 0.481 e. The molecule has 1 unspecified atom stereocenters. The van der Waals surface area contributed by atoms with Crippen LogP contribution in [0, 0.1) is 17.8 Å². The molecule has 2 aromatic rings. The van der Waals surface area contributed by atoms with E-state index in [-0.39, 0.29) is 42.9 Å². The molecule has 2 aliphatic rings. The van der Waals surface area contributed by atoms with Crippen LogP contribution >= 0.6 is 0 Å². The smallest absolute Gasteiger partial charge is 0.407 e. The van der Waals surface area contributed by atoms with E-state index in [1.54, 1.807) is 0 Å². The standard InChI is InChI=1S/C26H30N2O5/c1-15(2)22(25(30)31)13-27-24(29)16-11-17(12-16)28-26(32)33-14-23-20-9-5-3-7-18(20)19-8-4-6-10-21(19)23/h3-10,15-17,22-23H,11-14H2,1-2H3,(H,27,29)(H,28,32)(H,30,31). The molecule has 0 bridgehead atoms. The number of amides is 2. The Hall–Kier alpha value is -3.35. The Bertz CT molecular complexity index is 999. The molecule has 1 fully saturated rings. The van der Waals surface area contributed by atoms with Gasteiger partial charge in [-0.25, -0.2) is 4.79 Å². The minimum absolute atomic E-state index is 0.00575. The van der Waals surface area contributed by atoms with Gasteiger partial charge in [-0.15, -0.1) is 0 Å². The van der Waals surface area contributed by atoms with Crippen LogP contribution in [0.15, 0.2) is 48.5 Å². The van der Waals surface area contributed by atoms with Crippen LogP contribution in [-0.2, 0) is 14.3 Å². The monoisotopic (exact) mass is 450 g/mol. The Morgan fingerprint density at radius 3 is 2.12 bits per heavy atom. The lowest BCUT2D eigenvalue weighted by Crippen LogP contribution is -2.50. The molecule has 0 aromatic heterocycles. The van der Waals surface area contributed by atoms with Crippen molar-refractivity contribution in [3.05, 3.63) is 59.7 Å². The third-order valence-corrected chi connectivity index (χ3v) is 6.79. The fraction of sp³-hybridized carbons (Fsp3) is 0.423. The molecular formula is C26H30N2O5. The summed E-state index contributed by atoms with van der Waals surface area (Å²) >= 11 is 0. The number of hydrogen-bond donors (Lipinski definition) is 3. The van der Waals surface area contributed by atoms with Crippen LogP contribution in [0.3, 0.4) is 0 Å². The zero-order valence-electron chi connectivity index (χ0n) is 18.9.